The summed E-state index contributed by atoms with van der Waals surface area (Å²) in [6, 6.07) is 0. The zero-order chi connectivity index (χ0) is 14.4. The third-order valence-electron chi connectivity index (χ3n) is 3.60. The molecule has 1 saturated heterocycles. The first kappa shape index (κ1) is 15.3. The van der Waals surface area contributed by atoms with E-state index in [0.29, 0.717) is 18.2 Å². The SMILES string of the molecule is CCCCn1ncc(NCCC2CCOC2)c(Cl)c1=O. The molecular weight excluding hydrogens is 278 g/mol. The molecule has 0 aliphatic carbocycles. The van der Waals surface area contributed by atoms with E-state index in [1.165, 1.54) is 4.68 Å². The Morgan fingerprint density at radius 3 is 3.15 bits per heavy atom. The molecule has 1 aliphatic rings. The molecule has 1 N–H and O–H groups in total. The molecule has 1 aromatic rings. The zero-order valence-electron chi connectivity index (χ0n) is 11.9. The third kappa shape index (κ3) is 3.96. The van der Waals surface area contributed by atoms with E-state index in [4.69, 9.17) is 16.3 Å². The summed E-state index contributed by atoms with van der Waals surface area (Å²) in [7, 11) is 0. The highest BCUT2D eigenvalue weighted by molar-refractivity contribution is 6.32. The van der Waals surface area contributed by atoms with Gasteiger partial charge in [-0.1, -0.05) is 24.9 Å². The quantitative estimate of drug-likeness (QED) is 0.840. The Labute approximate surface area is 124 Å². The highest BCUT2D eigenvalue weighted by Crippen LogP contribution is 2.19. The summed E-state index contributed by atoms with van der Waals surface area (Å²) in [5.74, 6) is 0.610. The van der Waals surface area contributed by atoms with Crippen LogP contribution in [0.25, 0.3) is 0 Å². The Morgan fingerprint density at radius 1 is 1.60 bits per heavy atom. The Kier molecular flexibility index (Phi) is 5.86. The van der Waals surface area contributed by atoms with Gasteiger partial charge in [0, 0.05) is 26.3 Å². The van der Waals surface area contributed by atoms with Crippen LogP contribution in [0.2, 0.25) is 5.02 Å². The minimum Gasteiger partial charge on any atom is -0.382 e. The molecule has 0 aromatic carbocycles. The van der Waals surface area contributed by atoms with E-state index in [-0.39, 0.29) is 10.6 Å². The van der Waals surface area contributed by atoms with Crippen molar-refractivity contribution in [2.75, 3.05) is 25.1 Å². The van der Waals surface area contributed by atoms with E-state index in [1.54, 1.807) is 6.20 Å². The van der Waals surface area contributed by atoms with Crippen LogP contribution in [-0.4, -0.2) is 29.5 Å². The third-order valence-corrected chi connectivity index (χ3v) is 3.97. The standard InChI is InChI=1S/C14H22ClN3O2/c1-2-3-7-18-14(19)13(15)12(9-17-18)16-6-4-11-5-8-20-10-11/h9,11,16H,2-8,10H2,1H3. The van der Waals surface area contributed by atoms with Crippen LogP contribution < -0.4 is 10.9 Å². The normalized spacial score (nSPS) is 18.4. The van der Waals surface area contributed by atoms with Crippen LogP contribution in [-0.2, 0) is 11.3 Å². The molecule has 20 heavy (non-hydrogen) atoms. The van der Waals surface area contributed by atoms with E-state index >= 15 is 0 Å². The summed E-state index contributed by atoms with van der Waals surface area (Å²) in [5.41, 5.74) is 0.414. The molecule has 1 aromatic heterocycles. The van der Waals surface area contributed by atoms with Gasteiger partial charge in [0.15, 0.2) is 0 Å². The van der Waals surface area contributed by atoms with Gasteiger partial charge in [-0.05, 0) is 25.2 Å². The molecule has 0 saturated carbocycles. The number of halogens is 1. The summed E-state index contributed by atoms with van der Waals surface area (Å²) in [4.78, 5) is 12.0. The van der Waals surface area contributed by atoms with Crippen molar-refractivity contribution in [1.29, 1.82) is 0 Å². The van der Waals surface area contributed by atoms with Crippen molar-refractivity contribution in [1.82, 2.24) is 9.78 Å². The highest BCUT2D eigenvalue weighted by Gasteiger charge is 2.15. The molecule has 0 spiro atoms. The lowest BCUT2D eigenvalue weighted by molar-refractivity contribution is 0.185. The van der Waals surface area contributed by atoms with Crippen LogP contribution >= 0.6 is 11.6 Å². The second-order valence-electron chi connectivity index (χ2n) is 5.20. The minimum atomic E-state index is -0.214. The van der Waals surface area contributed by atoms with Crippen molar-refractivity contribution in [3.63, 3.8) is 0 Å². The molecule has 1 atom stereocenters. The van der Waals surface area contributed by atoms with E-state index in [9.17, 15) is 4.79 Å². The topological polar surface area (TPSA) is 56.1 Å². The van der Waals surface area contributed by atoms with Crippen LogP contribution in [0.15, 0.2) is 11.0 Å². The second kappa shape index (κ2) is 7.64. The molecule has 0 amide bonds. The van der Waals surface area contributed by atoms with Crippen molar-refractivity contribution < 1.29 is 4.74 Å². The largest absolute Gasteiger partial charge is 0.382 e. The van der Waals surface area contributed by atoms with Crippen molar-refractivity contribution >= 4 is 17.3 Å². The molecule has 0 bridgehead atoms. The first-order valence-corrected chi connectivity index (χ1v) is 7.67. The number of nitrogens with one attached hydrogen (secondary N) is 1. The fourth-order valence-corrected chi connectivity index (χ4v) is 2.49. The van der Waals surface area contributed by atoms with Gasteiger partial charge in [-0.15, -0.1) is 0 Å². The molecule has 1 aliphatic heterocycles. The Balaban J connectivity index is 1.91. The lowest BCUT2D eigenvalue weighted by Crippen LogP contribution is -2.24. The van der Waals surface area contributed by atoms with Gasteiger partial charge >= 0.3 is 0 Å². The Hall–Kier alpha value is -1.07. The molecule has 6 heteroatoms. The van der Waals surface area contributed by atoms with Gasteiger partial charge in [0.2, 0.25) is 0 Å². The number of nitrogens with zero attached hydrogens (tertiary/aromatic N) is 2. The molecule has 112 valence electrons. The molecule has 1 fully saturated rings. The number of rotatable bonds is 7. The summed E-state index contributed by atoms with van der Waals surface area (Å²) in [5, 5.41) is 7.60. The fraction of sp³-hybridized carbons (Fsp3) is 0.714. The maximum atomic E-state index is 12.0. The maximum Gasteiger partial charge on any atom is 0.287 e. The summed E-state index contributed by atoms with van der Waals surface area (Å²) in [6.45, 7) is 5.19. The van der Waals surface area contributed by atoms with Crippen LogP contribution in [0.1, 0.15) is 32.6 Å². The van der Waals surface area contributed by atoms with Gasteiger partial charge in [0.25, 0.3) is 5.56 Å². The first-order chi connectivity index (χ1) is 9.72. The van der Waals surface area contributed by atoms with Crippen LogP contribution in [0.3, 0.4) is 0 Å². The van der Waals surface area contributed by atoms with Crippen LogP contribution in [0.4, 0.5) is 5.69 Å². The molecule has 5 nitrogen and oxygen atoms in total. The van der Waals surface area contributed by atoms with Gasteiger partial charge in [0.05, 0.1) is 11.9 Å². The van der Waals surface area contributed by atoms with Gasteiger partial charge in [-0.3, -0.25) is 4.79 Å². The van der Waals surface area contributed by atoms with E-state index < -0.39 is 0 Å². The second-order valence-corrected chi connectivity index (χ2v) is 5.58. The Bertz CT molecular complexity index is 484. The number of anilines is 1. The van der Waals surface area contributed by atoms with Crippen molar-refractivity contribution in [2.45, 2.75) is 39.2 Å². The summed E-state index contributed by atoms with van der Waals surface area (Å²) >= 11 is 6.11. The Morgan fingerprint density at radius 2 is 2.45 bits per heavy atom. The monoisotopic (exact) mass is 299 g/mol. The number of aryl methyl sites for hydroxylation is 1. The van der Waals surface area contributed by atoms with Gasteiger partial charge in [-0.2, -0.15) is 5.10 Å². The van der Waals surface area contributed by atoms with E-state index in [2.05, 4.69) is 17.3 Å². The lowest BCUT2D eigenvalue weighted by Gasteiger charge is -2.12. The zero-order valence-corrected chi connectivity index (χ0v) is 12.7. The summed E-state index contributed by atoms with van der Waals surface area (Å²) in [6.07, 6.45) is 5.74. The van der Waals surface area contributed by atoms with E-state index in [0.717, 1.165) is 45.4 Å². The van der Waals surface area contributed by atoms with Crippen molar-refractivity contribution in [3.05, 3.63) is 21.6 Å². The van der Waals surface area contributed by atoms with E-state index in [1.807, 2.05) is 0 Å². The smallest absolute Gasteiger partial charge is 0.287 e. The predicted molar refractivity (Wildman–Crippen MR) is 80.4 cm³/mol. The van der Waals surface area contributed by atoms with Gasteiger partial charge in [0.1, 0.15) is 5.02 Å². The lowest BCUT2D eigenvalue weighted by atomic mass is 10.1. The number of hydrogen-bond acceptors (Lipinski definition) is 4. The number of unbranched alkanes of at least 4 members (excludes halogenated alkanes) is 1. The van der Waals surface area contributed by atoms with Crippen molar-refractivity contribution in [3.8, 4) is 0 Å². The van der Waals surface area contributed by atoms with Gasteiger partial charge in [-0.25, -0.2) is 4.68 Å². The average molecular weight is 300 g/mol. The average Bonchev–Trinajstić information content (AvgIpc) is 2.96. The first-order valence-electron chi connectivity index (χ1n) is 7.29. The number of aromatic nitrogens is 2. The van der Waals surface area contributed by atoms with Crippen LogP contribution in [0.5, 0.6) is 0 Å². The van der Waals surface area contributed by atoms with Crippen molar-refractivity contribution in [2.24, 2.45) is 5.92 Å². The summed E-state index contributed by atoms with van der Waals surface area (Å²) < 4.78 is 6.77. The molecule has 2 heterocycles. The minimum absolute atomic E-state index is 0.214. The van der Waals surface area contributed by atoms with Gasteiger partial charge < -0.3 is 10.1 Å². The van der Waals surface area contributed by atoms with Crippen LogP contribution in [0, 0.1) is 5.92 Å². The number of ether oxygens (including phenoxy) is 1. The fourth-order valence-electron chi connectivity index (χ4n) is 2.28. The molecule has 2 rings (SSSR count). The molecular formula is C14H22ClN3O2. The predicted octanol–water partition coefficient (Wildman–Crippen LogP) is 2.54. The number of hydrogen-bond donors (Lipinski definition) is 1. The highest BCUT2D eigenvalue weighted by atomic mass is 35.5. The molecule has 1 unspecified atom stereocenters. The maximum absolute atomic E-state index is 12.0. The molecule has 0 radical (unpaired) electrons.